The lowest BCUT2D eigenvalue weighted by Gasteiger charge is -2.29. The second kappa shape index (κ2) is 8.37. The Kier molecular flexibility index (Phi) is 5.65. The van der Waals surface area contributed by atoms with Crippen LogP contribution in [0.3, 0.4) is 0 Å². The predicted octanol–water partition coefficient (Wildman–Crippen LogP) is 2.40. The number of hydrogen-bond acceptors (Lipinski definition) is 7. The van der Waals surface area contributed by atoms with Crippen LogP contribution < -0.4 is 10.2 Å². The number of morpholine rings is 1. The van der Waals surface area contributed by atoms with Crippen molar-refractivity contribution < 1.29 is 17.9 Å². The molecule has 0 saturated carbocycles. The summed E-state index contributed by atoms with van der Waals surface area (Å²) >= 11 is 0. The molecule has 0 aliphatic carbocycles. The number of anilines is 2. The fourth-order valence-electron chi connectivity index (χ4n) is 3.36. The van der Waals surface area contributed by atoms with Crippen molar-refractivity contribution in [2.75, 3.05) is 36.5 Å². The van der Waals surface area contributed by atoms with Gasteiger partial charge < -0.3 is 15.0 Å². The predicted molar refractivity (Wildman–Crippen MR) is 114 cm³/mol. The van der Waals surface area contributed by atoms with Gasteiger partial charge in [0.15, 0.2) is 15.7 Å². The Morgan fingerprint density at radius 1 is 1.03 bits per heavy atom. The summed E-state index contributed by atoms with van der Waals surface area (Å²) in [5.41, 5.74) is 2.34. The first kappa shape index (κ1) is 20.2. The van der Waals surface area contributed by atoms with E-state index in [2.05, 4.69) is 10.3 Å². The quantitative estimate of drug-likeness (QED) is 0.668. The minimum Gasteiger partial charge on any atom is -0.378 e. The first-order valence-electron chi connectivity index (χ1n) is 9.61. The van der Waals surface area contributed by atoms with E-state index in [-0.39, 0.29) is 16.6 Å². The fourth-order valence-corrected chi connectivity index (χ4v) is 4.64. The molecule has 1 aliphatic heterocycles. The van der Waals surface area contributed by atoms with E-state index < -0.39 is 9.84 Å². The summed E-state index contributed by atoms with van der Waals surface area (Å²) in [6, 6.07) is 13.5. The summed E-state index contributed by atoms with van der Waals surface area (Å²) < 4.78 is 31.6. The number of carbonyl (C=O) groups is 1. The van der Waals surface area contributed by atoms with Crippen LogP contribution in [0.5, 0.6) is 0 Å². The Balaban J connectivity index is 1.69. The highest BCUT2D eigenvalue weighted by Crippen LogP contribution is 2.26. The van der Waals surface area contributed by atoms with Crippen LogP contribution in [-0.2, 0) is 25.1 Å². The van der Waals surface area contributed by atoms with Crippen LogP contribution in [0.1, 0.15) is 12.6 Å². The number of nitrogens with zero attached hydrogens (tertiary/aromatic N) is 3. The highest BCUT2D eigenvalue weighted by molar-refractivity contribution is 7.90. The summed E-state index contributed by atoms with van der Waals surface area (Å²) in [6.45, 7) is 3.78. The zero-order chi connectivity index (χ0) is 21.1. The smallest absolute Gasteiger partial charge is 0.221 e. The number of nitrogens with one attached hydrogen (secondary N) is 1. The van der Waals surface area contributed by atoms with Crippen LogP contribution in [-0.4, -0.2) is 50.6 Å². The normalized spacial score (nSPS) is 14.6. The lowest BCUT2D eigenvalue weighted by atomic mass is 10.2. The summed E-state index contributed by atoms with van der Waals surface area (Å²) in [4.78, 5) is 22.7. The maximum Gasteiger partial charge on any atom is 0.221 e. The molecule has 4 rings (SSSR count). The van der Waals surface area contributed by atoms with Gasteiger partial charge in [0.25, 0.3) is 0 Å². The van der Waals surface area contributed by atoms with Gasteiger partial charge in [-0.2, -0.15) is 0 Å². The van der Waals surface area contributed by atoms with E-state index in [1.165, 1.54) is 19.1 Å². The third-order valence-electron chi connectivity index (χ3n) is 4.79. The highest BCUT2D eigenvalue weighted by Gasteiger charge is 2.24. The summed E-state index contributed by atoms with van der Waals surface area (Å²) in [5.74, 6) is 0.0967. The molecule has 2 aromatic carbocycles. The zero-order valence-electron chi connectivity index (χ0n) is 16.5. The molecule has 2 heterocycles. The van der Waals surface area contributed by atoms with Gasteiger partial charge in [0.05, 0.1) is 34.8 Å². The lowest BCUT2D eigenvalue weighted by molar-refractivity contribution is -0.114. The van der Waals surface area contributed by atoms with Crippen LogP contribution in [0.4, 0.5) is 11.5 Å². The Morgan fingerprint density at radius 3 is 2.30 bits per heavy atom. The molecule has 1 aliphatic rings. The van der Waals surface area contributed by atoms with Gasteiger partial charge in [-0.15, -0.1) is 0 Å². The van der Waals surface area contributed by atoms with E-state index in [4.69, 9.17) is 9.72 Å². The standard InChI is InChI=1S/C21H22N4O4S/c1-15(26)22-16-6-8-17(9-7-16)30(27,28)14-20-21(25-10-12-29-13-11-25)24-19-5-3-2-4-18(19)23-20/h2-9H,10-14H2,1H3,(H,22,26). The maximum absolute atomic E-state index is 13.1. The van der Waals surface area contributed by atoms with Gasteiger partial charge in [0.1, 0.15) is 5.75 Å². The SMILES string of the molecule is CC(=O)Nc1ccc(S(=O)(=O)Cc2nc3ccccc3nc2N2CCOCC2)cc1. The third-order valence-corrected chi connectivity index (χ3v) is 6.44. The second-order valence-electron chi connectivity index (χ2n) is 7.05. The molecule has 156 valence electrons. The van der Waals surface area contributed by atoms with E-state index >= 15 is 0 Å². The van der Waals surface area contributed by atoms with E-state index in [1.807, 2.05) is 29.2 Å². The number of hydrogen-bond donors (Lipinski definition) is 1. The zero-order valence-corrected chi connectivity index (χ0v) is 17.4. The molecular formula is C21H22N4O4S. The van der Waals surface area contributed by atoms with Crippen LogP contribution >= 0.6 is 0 Å². The van der Waals surface area contributed by atoms with Gasteiger partial charge in [-0.25, -0.2) is 18.4 Å². The number of para-hydroxylation sites is 2. The number of sulfone groups is 1. The number of ether oxygens (including phenoxy) is 1. The molecule has 1 amide bonds. The number of carbonyl (C=O) groups excluding carboxylic acids is 1. The molecule has 1 aromatic heterocycles. The van der Waals surface area contributed by atoms with E-state index in [9.17, 15) is 13.2 Å². The van der Waals surface area contributed by atoms with Gasteiger partial charge in [-0.3, -0.25) is 4.79 Å². The molecular weight excluding hydrogens is 404 g/mol. The van der Waals surface area contributed by atoms with Crippen molar-refractivity contribution in [3.8, 4) is 0 Å². The Morgan fingerprint density at radius 2 is 1.67 bits per heavy atom. The molecule has 30 heavy (non-hydrogen) atoms. The monoisotopic (exact) mass is 426 g/mol. The molecule has 0 atom stereocenters. The van der Waals surface area contributed by atoms with Gasteiger partial charge in [0.2, 0.25) is 5.91 Å². The van der Waals surface area contributed by atoms with E-state index in [0.29, 0.717) is 49.0 Å². The van der Waals surface area contributed by atoms with Crippen molar-refractivity contribution >= 4 is 38.3 Å². The fraction of sp³-hybridized carbons (Fsp3) is 0.286. The van der Waals surface area contributed by atoms with Gasteiger partial charge >= 0.3 is 0 Å². The van der Waals surface area contributed by atoms with Crippen molar-refractivity contribution in [3.63, 3.8) is 0 Å². The minimum absolute atomic E-state index is 0.166. The molecule has 0 radical (unpaired) electrons. The highest BCUT2D eigenvalue weighted by atomic mass is 32.2. The summed E-state index contributed by atoms with van der Waals surface area (Å²) in [7, 11) is -3.66. The second-order valence-corrected chi connectivity index (χ2v) is 9.04. The number of rotatable bonds is 5. The van der Waals surface area contributed by atoms with Crippen molar-refractivity contribution in [2.45, 2.75) is 17.6 Å². The topological polar surface area (TPSA) is 101 Å². The van der Waals surface area contributed by atoms with E-state index in [1.54, 1.807) is 12.1 Å². The number of benzene rings is 2. The van der Waals surface area contributed by atoms with Gasteiger partial charge in [0, 0.05) is 25.7 Å². The first-order chi connectivity index (χ1) is 14.4. The van der Waals surface area contributed by atoms with Crippen LogP contribution in [0.2, 0.25) is 0 Å². The summed E-state index contributed by atoms with van der Waals surface area (Å²) in [6.07, 6.45) is 0. The first-order valence-corrected chi connectivity index (χ1v) is 11.3. The van der Waals surface area contributed by atoms with Crippen LogP contribution in [0.15, 0.2) is 53.4 Å². The number of amides is 1. The molecule has 8 nitrogen and oxygen atoms in total. The molecule has 0 bridgehead atoms. The van der Waals surface area contributed by atoms with Gasteiger partial charge in [-0.05, 0) is 36.4 Å². The Bertz CT molecular complexity index is 1170. The summed E-state index contributed by atoms with van der Waals surface area (Å²) in [5, 5.41) is 2.63. The van der Waals surface area contributed by atoms with Crippen molar-refractivity contribution in [3.05, 3.63) is 54.2 Å². The Labute approximate surface area is 174 Å². The van der Waals surface area contributed by atoms with E-state index in [0.717, 1.165) is 5.52 Å². The van der Waals surface area contributed by atoms with Crippen molar-refractivity contribution in [1.82, 2.24) is 9.97 Å². The molecule has 1 saturated heterocycles. The Hall–Kier alpha value is -3.04. The largest absolute Gasteiger partial charge is 0.378 e. The van der Waals surface area contributed by atoms with Crippen LogP contribution in [0.25, 0.3) is 11.0 Å². The van der Waals surface area contributed by atoms with Crippen molar-refractivity contribution in [1.29, 1.82) is 0 Å². The van der Waals surface area contributed by atoms with Crippen LogP contribution in [0, 0.1) is 0 Å². The average molecular weight is 426 g/mol. The average Bonchev–Trinajstić information content (AvgIpc) is 2.73. The number of aromatic nitrogens is 2. The molecule has 0 unspecified atom stereocenters. The molecule has 0 spiro atoms. The molecule has 3 aromatic rings. The molecule has 1 N–H and O–H groups in total. The number of fused-ring (bicyclic) bond motifs is 1. The van der Waals surface area contributed by atoms with Crippen molar-refractivity contribution in [2.24, 2.45) is 0 Å². The molecule has 1 fully saturated rings. The maximum atomic E-state index is 13.1. The lowest BCUT2D eigenvalue weighted by Crippen LogP contribution is -2.37. The minimum atomic E-state index is -3.66. The van der Waals surface area contributed by atoms with Gasteiger partial charge in [-0.1, -0.05) is 12.1 Å². The molecule has 9 heteroatoms. The third kappa shape index (κ3) is 4.42.